The molecule has 0 atom stereocenters. The first-order chi connectivity index (χ1) is 9.18. The quantitative estimate of drug-likeness (QED) is 0.799. The van der Waals surface area contributed by atoms with E-state index in [1.54, 1.807) is 6.07 Å². The van der Waals surface area contributed by atoms with Crippen LogP contribution in [0.2, 0.25) is 0 Å². The minimum absolute atomic E-state index is 0.266. The van der Waals surface area contributed by atoms with Gasteiger partial charge in [-0.05, 0) is 11.6 Å². The highest BCUT2D eigenvalue weighted by Crippen LogP contribution is 2.21. The van der Waals surface area contributed by atoms with Gasteiger partial charge in [-0.3, -0.25) is 25.4 Å². The molecule has 0 aliphatic heterocycles. The third kappa shape index (κ3) is 3.16. The predicted molar refractivity (Wildman–Crippen MR) is 71.0 cm³/mol. The number of hydrogen-bond acceptors (Lipinski definition) is 3. The largest absolute Gasteiger partial charge is 0.288 e. The van der Waals surface area contributed by atoms with Gasteiger partial charge in [0, 0.05) is 18.7 Å². The van der Waals surface area contributed by atoms with E-state index >= 15 is 0 Å². The molecular weight excluding hydrogens is 242 g/mol. The van der Waals surface area contributed by atoms with Gasteiger partial charge in [-0.15, -0.1) is 0 Å². The van der Waals surface area contributed by atoms with Crippen LogP contribution in [0.1, 0.15) is 17.4 Å². The number of carbonyl (C=O) groups is 2. The molecule has 0 aliphatic carbocycles. The van der Waals surface area contributed by atoms with Crippen LogP contribution in [-0.2, 0) is 4.79 Å². The number of carbonyl (C=O) groups excluding carboxylic acids is 2. The Morgan fingerprint density at radius 2 is 1.74 bits per heavy atom. The Kier molecular flexibility index (Phi) is 3.87. The fourth-order valence-corrected chi connectivity index (χ4v) is 1.64. The van der Waals surface area contributed by atoms with E-state index in [4.69, 9.17) is 0 Å². The molecular formula is C14H13N3O2. The first-order valence-electron chi connectivity index (χ1n) is 5.76. The summed E-state index contributed by atoms with van der Waals surface area (Å²) in [5.74, 6) is -0.791. The molecule has 5 nitrogen and oxygen atoms in total. The molecule has 2 N–H and O–H groups in total. The van der Waals surface area contributed by atoms with Crippen LogP contribution < -0.4 is 10.9 Å². The van der Waals surface area contributed by atoms with Crippen molar-refractivity contribution >= 4 is 11.8 Å². The summed E-state index contributed by atoms with van der Waals surface area (Å²) in [5.41, 5.74) is 6.42. The maximum Gasteiger partial charge on any atom is 0.288 e. The summed E-state index contributed by atoms with van der Waals surface area (Å²) < 4.78 is 0. The van der Waals surface area contributed by atoms with Crippen molar-refractivity contribution in [2.24, 2.45) is 0 Å². The van der Waals surface area contributed by atoms with Crippen LogP contribution in [0.15, 0.2) is 48.7 Å². The van der Waals surface area contributed by atoms with Crippen molar-refractivity contribution in [1.29, 1.82) is 0 Å². The average molecular weight is 255 g/mol. The third-order valence-electron chi connectivity index (χ3n) is 2.46. The van der Waals surface area contributed by atoms with Gasteiger partial charge in [-0.1, -0.05) is 36.4 Å². The van der Waals surface area contributed by atoms with Crippen LogP contribution >= 0.6 is 0 Å². The molecule has 19 heavy (non-hydrogen) atoms. The lowest BCUT2D eigenvalue weighted by atomic mass is 10.0. The van der Waals surface area contributed by atoms with Crippen molar-refractivity contribution in [1.82, 2.24) is 15.8 Å². The molecule has 1 heterocycles. The van der Waals surface area contributed by atoms with Crippen LogP contribution in [0.4, 0.5) is 0 Å². The van der Waals surface area contributed by atoms with E-state index in [9.17, 15) is 9.59 Å². The van der Waals surface area contributed by atoms with Crippen molar-refractivity contribution < 1.29 is 9.59 Å². The highest BCUT2D eigenvalue weighted by atomic mass is 16.2. The van der Waals surface area contributed by atoms with Crippen molar-refractivity contribution in [2.75, 3.05) is 0 Å². The second-order valence-corrected chi connectivity index (χ2v) is 3.90. The van der Waals surface area contributed by atoms with Crippen LogP contribution in [0, 0.1) is 0 Å². The number of nitrogens with one attached hydrogen (secondary N) is 2. The van der Waals surface area contributed by atoms with E-state index in [0.29, 0.717) is 5.56 Å². The molecule has 0 spiro atoms. The Morgan fingerprint density at radius 1 is 1.00 bits per heavy atom. The zero-order valence-corrected chi connectivity index (χ0v) is 10.4. The number of rotatable bonds is 2. The lowest BCUT2D eigenvalue weighted by Gasteiger charge is -2.09. The molecule has 2 amide bonds. The van der Waals surface area contributed by atoms with E-state index in [0.717, 1.165) is 5.56 Å². The number of nitrogens with zero attached hydrogens (tertiary/aromatic N) is 1. The van der Waals surface area contributed by atoms with E-state index in [1.807, 2.05) is 36.4 Å². The van der Waals surface area contributed by atoms with Gasteiger partial charge in [-0.25, -0.2) is 0 Å². The van der Waals surface area contributed by atoms with Crippen molar-refractivity contribution in [2.45, 2.75) is 6.92 Å². The Hall–Kier alpha value is -2.69. The van der Waals surface area contributed by atoms with Gasteiger partial charge in [0.05, 0.1) is 0 Å². The van der Waals surface area contributed by atoms with Gasteiger partial charge in [0.25, 0.3) is 5.91 Å². The number of aromatic nitrogens is 1. The SMILES string of the molecule is CC(=O)NNC(=O)c1ncccc1-c1ccccc1. The van der Waals surface area contributed by atoms with Gasteiger partial charge in [-0.2, -0.15) is 0 Å². The van der Waals surface area contributed by atoms with E-state index in [2.05, 4.69) is 15.8 Å². The maximum atomic E-state index is 12.0. The lowest BCUT2D eigenvalue weighted by Crippen LogP contribution is -2.40. The number of hydrogen-bond donors (Lipinski definition) is 2. The van der Waals surface area contributed by atoms with Gasteiger partial charge >= 0.3 is 0 Å². The molecule has 1 aromatic carbocycles. The van der Waals surface area contributed by atoms with Crippen LogP contribution in [0.5, 0.6) is 0 Å². The van der Waals surface area contributed by atoms with Gasteiger partial charge in [0.15, 0.2) is 0 Å². The van der Waals surface area contributed by atoms with Crippen LogP contribution in [-0.4, -0.2) is 16.8 Å². The Balaban J connectivity index is 2.31. The predicted octanol–water partition coefficient (Wildman–Crippen LogP) is 1.53. The lowest BCUT2D eigenvalue weighted by molar-refractivity contribution is -0.119. The molecule has 0 saturated heterocycles. The van der Waals surface area contributed by atoms with Crippen LogP contribution in [0.3, 0.4) is 0 Å². The zero-order valence-electron chi connectivity index (χ0n) is 10.4. The second-order valence-electron chi connectivity index (χ2n) is 3.90. The Bertz CT molecular complexity index is 597. The highest BCUT2D eigenvalue weighted by molar-refractivity contribution is 5.99. The summed E-state index contributed by atoms with van der Waals surface area (Å²) in [4.78, 5) is 26.8. The Labute approximate surface area is 110 Å². The second kappa shape index (κ2) is 5.77. The standard InChI is InChI=1S/C14H13N3O2/c1-10(18)16-17-14(19)13-12(8-5-9-15-13)11-6-3-2-4-7-11/h2-9H,1H3,(H,16,18)(H,17,19). The normalized spacial score (nSPS) is 9.74. The van der Waals surface area contributed by atoms with Crippen molar-refractivity contribution in [3.05, 3.63) is 54.4 Å². The monoisotopic (exact) mass is 255 g/mol. The molecule has 0 radical (unpaired) electrons. The molecule has 0 aliphatic rings. The smallest absolute Gasteiger partial charge is 0.274 e. The summed E-state index contributed by atoms with van der Waals surface area (Å²) in [6, 6.07) is 13.0. The molecule has 2 rings (SSSR count). The first kappa shape index (κ1) is 12.8. The molecule has 96 valence electrons. The Morgan fingerprint density at radius 3 is 2.42 bits per heavy atom. The summed E-state index contributed by atoms with van der Waals surface area (Å²) in [5, 5.41) is 0. The average Bonchev–Trinajstić information content (AvgIpc) is 2.45. The molecule has 0 saturated carbocycles. The molecule has 1 aromatic heterocycles. The summed E-state index contributed by atoms with van der Waals surface area (Å²) in [6.07, 6.45) is 1.54. The molecule has 2 aromatic rings. The number of pyridine rings is 1. The van der Waals surface area contributed by atoms with Gasteiger partial charge in [0.1, 0.15) is 5.69 Å². The van der Waals surface area contributed by atoms with E-state index in [1.165, 1.54) is 13.1 Å². The number of benzene rings is 1. The fourth-order valence-electron chi connectivity index (χ4n) is 1.64. The van der Waals surface area contributed by atoms with E-state index < -0.39 is 5.91 Å². The van der Waals surface area contributed by atoms with Gasteiger partial charge < -0.3 is 0 Å². The summed E-state index contributed by atoms with van der Waals surface area (Å²) >= 11 is 0. The topological polar surface area (TPSA) is 71.1 Å². The fraction of sp³-hybridized carbons (Fsp3) is 0.0714. The maximum absolute atomic E-state index is 12.0. The molecule has 0 fully saturated rings. The van der Waals surface area contributed by atoms with Crippen molar-refractivity contribution in [3.8, 4) is 11.1 Å². The molecule has 0 bridgehead atoms. The van der Waals surface area contributed by atoms with Gasteiger partial charge in [0.2, 0.25) is 5.91 Å². The van der Waals surface area contributed by atoms with Crippen molar-refractivity contribution in [3.63, 3.8) is 0 Å². The highest BCUT2D eigenvalue weighted by Gasteiger charge is 2.13. The molecule has 5 heteroatoms. The minimum atomic E-state index is -0.449. The van der Waals surface area contributed by atoms with E-state index in [-0.39, 0.29) is 11.6 Å². The molecule has 0 unspecified atom stereocenters. The summed E-state index contributed by atoms with van der Waals surface area (Å²) in [7, 11) is 0. The third-order valence-corrected chi connectivity index (χ3v) is 2.46. The zero-order chi connectivity index (χ0) is 13.7. The summed E-state index contributed by atoms with van der Waals surface area (Å²) in [6.45, 7) is 1.32. The first-order valence-corrected chi connectivity index (χ1v) is 5.76. The number of hydrazine groups is 1. The number of amides is 2. The van der Waals surface area contributed by atoms with Crippen LogP contribution in [0.25, 0.3) is 11.1 Å². The minimum Gasteiger partial charge on any atom is -0.274 e.